The summed E-state index contributed by atoms with van der Waals surface area (Å²) in [5, 5.41) is 21.2. The normalized spacial score (nSPS) is 11.9. The van der Waals surface area contributed by atoms with E-state index in [1.54, 1.807) is 54.1 Å². The maximum Gasteiger partial charge on any atom is 0.306 e. The average Bonchev–Trinajstić information content (AvgIpc) is 2.83. The first-order chi connectivity index (χ1) is 16.4. The van der Waals surface area contributed by atoms with Crippen molar-refractivity contribution in [3.8, 4) is 11.5 Å². The summed E-state index contributed by atoms with van der Waals surface area (Å²) in [5.74, 6) is -1.17. The van der Waals surface area contributed by atoms with Crippen LogP contribution in [0.3, 0.4) is 0 Å². The zero-order chi connectivity index (χ0) is 24.2. The molecule has 0 unspecified atom stereocenters. The van der Waals surface area contributed by atoms with Crippen LogP contribution in [0.4, 0.5) is 0 Å². The van der Waals surface area contributed by atoms with Gasteiger partial charge in [0.2, 0.25) is 0 Å². The van der Waals surface area contributed by atoms with E-state index in [4.69, 9.17) is 4.74 Å². The highest BCUT2D eigenvalue weighted by atomic mass is 16.5. The SMILES string of the molecule is COC(=O)C[C@H](c1c(O)cc(C)n(CCc2ccc(O)cc2)c1=O)c1ccnc2ccccc12. The number of phenolic OH excluding ortho intramolecular Hbond substituents is 1. The molecule has 4 aromatic rings. The monoisotopic (exact) mass is 458 g/mol. The van der Waals surface area contributed by atoms with Gasteiger partial charge in [-0.05, 0) is 54.8 Å². The van der Waals surface area contributed by atoms with Crippen molar-refractivity contribution in [3.05, 3.63) is 99.6 Å². The third-order valence-electron chi connectivity index (χ3n) is 6.09. The van der Waals surface area contributed by atoms with E-state index in [1.165, 1.54) is 7.11 Å². The van der Waals surface area contributed by atoms with Gasteiger partial charge < -0.3 is 19.5 Å². The topological polar surface area (TPSA) is 102 Å². The molecule has 174 valence electrons. The molecule has 0 aliphatic carbocycles. The van der Waals surface area contributed by atoms with Crippen molar-refractivity contribution in [1.82, 2.24) is 9.55 Å². The molecule has 7 heteroatoms. The molecule has 7 nitrogen and oxygen atoms in total. The van der Waals surface area contributed by atoms with Crippen molar-refractivity contribution in [2.45, 2.75) is 32.2 Å². The molecule has 0 amide bonds. The molecular formula is C27H26N2O5. The molecule has 0 aliphatic rings. The van der Waals surface area contributed by atoms with Gasteiger partial charge in [0.15, 0.2) is 0 Å². The van der Waals surface area contributed by atoms with Crippen molar-refractivity contribution in [1.29, 1.82) is 0 Å². The molecule has 0 aliphatic heterocycles. The Morgan fingerprint density at radius 3 is 2.56 bits per heavy atom. The molecule has 34 heavy (non-hydrogen) atoms. The maximum absolute atomic E-state index is 13.7. The number of methoxy groups -OCH3 is 1. The molecule has 2 aromatic carbocycles. The fraction of sp³-hybridized carbons (Fsp3) is 0.222. The number of para-hydroxylation sites is 1. The number of benzene rings is 2. The first-order valence-corrected chi connectivity index (χ1v) is 11.0. The van der Waals surface area contributed by atoms with E-state index in [-0.39, 0.29) is 29.0 Å². The number of nitrogens with zero attached hydrogens (tertiary/aromatic N) is 2. The standard InChI is InChI=1S/C27H26N2O5/c1-17-15-24(31)26(27(33)29(17)14-12-18-7-9-19(30)10-8-18)22(16-25(32)34-2)20-11-13-28-23-6-4-3-5-21(20)23/h3-11,13,15,22,30-31H,12,14,16H2,1-2H3/t22-/m0/s1. The number of carbonyl (C=O) groups excluding carboxylic acids is 1. The van der Waals surface area contributed by atoms with E-state index >= 15 is 0 Å². The molecule has 1 atom stereocenters. The van der Waals surface area contributed by atoms with Crippen molar-refractivity contribution < 1.29 is 19.7 Å². The number of aromatic hydroxyl groups is 2. The van der Waals surface area contributed by atoms with Crippen molar-refractivity contribution in [3.63, 3.8) is 0 Å². The summed E-state index contributed by atoms with van der Waals surface area (Å²) in [6.07, 6.45) is 2.09. The molecule has 0 fully saturated rings. The summed E-state index contributed by atoms with van der Waals surface area (Å²) >= 11 is 0. The third kappa shape index (κ3) is 4.64. The van der Waals surface area contributed by atoms with Gasteiger partial charge in [0.25, 0.3) is 5.56 Å². The fourth-order valence-corrected chi connectivity index (χ4v) is 4.32. The van der Waals surface area contributed by atoms with Gasteiger partial charge in [-0.1, -0.05) is 30.3 Å². The molecule has 4 rings (SSSR count). The van der Waals surface area contributed by atoms with Crippen LogP contribution in [0.25, 0.3) is 10.9 Å². The molecule has 2 N–H and O–H groups in total. The minimum absolute atomic E-state index is 0.103. The number of fused-ring (bicyclic) bond motifs is 1. The Bertz CT molecular complexity index is 1390. The zero-order valence-corrected chi connectivity index (χ0v) is 19.1. The number of carbonyl (C=O) groups is 1. The van der Waals surface area contributed by atoms with Gasteiger partial charge in [-0.3, -0.25) is 14.6 Å². The Balaban J connectivity index is 1.82. The first-order valence-electron chi connectivity index (χ1n) is 11.0. The molecule has 0 spiro atoms. The van der Waals surface area contributed by atoms with Crippen molar-refractivity contribution in [2.75, 3.05) is 7.11 Å². The number of pyridine rings is 2. The molecule has 2 heterocycles. The number of ether oxygens (including phenoxy) is 1. The van der Waals surface area contributed by atoms with Gasteiger partial charge in [0.1, 0.15) is 11.5 Å². The lowest BCUT2D eigenvalue weighted by atomic mass is 9.86. The number of aryl methyl sites for hydroxylation is 2. The second-order valence-corrected chi connectivity index (χ2v) is 8.21. The van der Waals surface area contributed by atoms with Crippen molar-refractivity contribution >= 4 is 16.9 Å². The highest BCUT2D eigenvalue weighted by Gasteiger charge is 2.28. The quantitative estimate of drug-likeness (QED) is 0.405. The van der Waals surface area contributed by atoms with Gasteiger partial charge >= 0.3 is 5.97 Å². The Morgan fingerprint density at radius 2 is 1.82 bits per heavy atom. The van der Waals surface area contributed by atoms with Crippen LogP contribution in [-0.2, 0) is 22.5 Å². The van der Waals surface area contributed by atoms with Crippen LogP contribution in [0.15, 0.2) is 71.7 Å². The summed E-state index contributed by atoms with van der Waals surface area (Å²) < 4.78 is 6.53. The summed E-state index contributed by atoms with van der Waals surface area (Å²) in [5.41, 5.74) is 2.82. The minimum Gasteiger partial charge on any atom is -0.508 e. The van der Waals surface area contributed by atoms with Gasteiger partial charge in [0.05, 0.1) is 24.6 Å². The number of hydrogen-bond acceptors (Lipinski definition) is 6. The Kier molecular flexibility index (Phi) is 6.63. The highest BCUT2D eigenvalue weighted by Crippen LogP contribution is 2.35. The van der Waals surface area contributed by atoms with Gasteiger partial charge in [-0.2, -0.15) is 0 Å². The van der Waals surface area contributed by atoms with Crippen LogP contribution >= 0.6 is 0 Å². The second kappa shape index (κ2) is 9.79. The summed E-state index contributed by atoms with van der Waals surface area (Å²) in [6, 6.07) is 17.6. The smallest absolute Gasteiger partial charge is 0.306 e. The number of hydrogen-bond donors (Lipinski definition) is 2. The summed E-state index contributed by atoms with van der Waals surface area (Å²) in [4.78, 5) is 30.5. The number of rotatable bonds is 7. The Labute approximate surface area is 196 Å². The predicted octanol–water partition coefficient (Wildman–Crippen LogP) is 4.05. The number of phenols is 1. The third-order valence-corrected chi connectivity index (χ3v) is 6.09. The van der Waals surface area contributed by atoms with E-state index in [1.807, 2.05) is 24.3 Å². The second-order valence-electron chi connectivity index (χ2n) is 8.21. The fourth-order valence-electron chi connectivity index (χ4n) is 4.32. The molecule has 0 radical (unpaired) electrons. The highest BCUT2D eigenvalue weighted by molar-refractivity contribution is 5.84. The zero-order valence-electron chi connectivity index (χ0n) is 19.1. The maximum atomic E-state index is 13.7. The van der Waals surface area contributed by atoms with E-state index in [9.17, 15) is 19.8 Å². The van der Waals surface area contributed by atoms with E-state index in [0.717, 1.165) is 22.0 Å². The Hall–Kier alpha value is -4.13. The number of aromatic nitrogens is 2. The molecule has 0 bridgehead atoms. The van der Waals surface area contributed by atoms with Gasteiger partial charge in [0, 0.05) is 29.7 Å². The van der Waals surface area contributed by atoms with Crippen LogP contribution in [-0.4, -0.2) is 32.8 Å². The molecule has 0 saturated heterocycles. The van der Waals surface area contributed by atoms with Crippen LogP contribution in [0.5, 0.6) is 11.5 Å². The lowest BCUT2D eigenvalue weighted by Crippen LogP contribution is -2.29. The van der Waals surface area contributed by atoms with E-state index in [0.29, 0.717) is 18.7 Å². The predicted molar refractivity (Wildman–Crippen MR) is 129 cm³/mol. The van der Waals surface area contributed by atoms with Crippen LogP contribution in [0, 0.1) is 6.92 Å². The summed E-state index contributed by atoms with van der Waals surface area (Å²) in [7, 11) is 1.30. The van der Waals surface area contributed by atoms with Crippen LogP contribution in [0.2, 0.25) is 0 Å². The first kappa shape index (κ1) is 23.0. The number of esters is 1. The molecular weight excluding hydrogens is 432 g/mol. The lowest BCUT2D eigenvalue weighted by Gasteiger charge is -2.21. The lowest BCUT2D eigenvalue weighted by molar-refractivity contribution is -0.140. The molecule has 0 saturated carbocycles. The van der Waals surface area contributed by atoms with Crippen LogP contribution < -0.4 is 5.56 Å². The van der Waals surface area contributed by atoms with Gasteiger partial charge in [-0.15, -0.1) is 0 Å². The van der Waals surface area contributed by atoms with Gasteiger partial charge in [-0.25, -0.2) is 0 Å². The molecule has 2 aromatic heterocycles. The Morgan fingerprint density at radius 1 is 1.09 bits per heavy atom. The largest absolute Gasteiger partial charge is 0.508 e. The average molecular weight is 459 g/mol. The summed E-state index contributed by atoms with van der Waals surface area (Å²) in [6.45, 7) is 2.14. The van der Waals surface area contributed by atoms with Crippen molar-refractivity contribution in [2.24, 2.45) is 0 Å². The minimum atomic E-state index is -0.714. The van der Waals surface area contributed by atoms with E-state index < -0.39 is 11.9 Å². The van der Waals surface area contributed by atoms with Crippen LogP contribution in [0.1, 0.15) is 34.7 Å². The van der Waals surface area contributed by atoms with E-state index in [2.05, 4.69) is 4.98 Å².